The molecule has 0 aliphatic carbocycles. The lowest BCUT2D eigenvalue weighted by atomic mass is 9.97. The Hall–Kier alpha value is -3.80. The zero-order chi connectivity index (χ0) is 21.1. The van der Waals surface area contributed by atoms with Gasteiger partial charge in [0.25, 0.3) is 5.91 Å². The van der Waals surface area contributed by atoms with Gasteiger partial charge in [-0.05, 0) is 49.2 Å². The van der Waals surface area contributed by atoms with Gasteiger partial charge in [0.05, 0.1) is 23.6 Å². The number of aryl methyl sites for hydroxylation is 2. The van der Waals surface area contributed by atoms with Gasteiger partial charge in [-0.1, -0.05) is 29.8 Å². The number of nitrogens with zero attached hydrogens (tertiary/aromatic N) is 4. The van der Waals surface area contributed by atoms with Crippen LogP contribution in [-0.2, 0) is 7.05 Å². The van der Waals surface area contributed by atoms with Crippen LogP contribution in [0.3, 0.4) is 0 Å². The lowest BCUT2D eigenvalue weighted by Gasteiger charge is -2.15. The van der Waals surface area contributed by atoms with Gasteiger partial charge < -0.3 is 5.32 Å². The Labute approximate surface area is 175 Å². The summed E-state index contributed by atoms with van der Waals surface area (Å²) in [6.07, 6.45) is 6.65. The summed E-state index contributed by atoms with van der Waals surface area (Å²) in [5.41, 5.74) is 6.40. The molecule has 2 aromatic carbocycles. The second kappa shape index (κ2) is 8.29. The average Bonchev–Trinajstić information content (AvgIpc) is 3.20. The van der Waals surface area contributed by atoms with E-state index in [0.29, 0.717) is 11.3 Å². The highest BCUT2D eigenvalue weighted by molar-refractivity contribution is 5.97. The van der Waals surface area contributed by atoms with Crippen molar-refractivity contribution in [3.05, 3.63) is 90.1 Å². The van der Waals surface area contributed by atoms with Crippen LogP contribution in [0.2, 0.25) is 0 Å². The SMILES string of the molecule is Cc1ccc(-c2cc(C(=O)NC(C)c3cnccn3)cc(-c3ccnn3C)c2)cc1. The van der Waals surface area contributed by atoms with Crippen molar-refractivity contribution in [2.75, 3.05) is 0 Å². The largest absolute Gasteiger partial charge is 0.344 e. The molecule has 1 unspecified atom stereocenters. The minimum atomic E-state index is -0.255. The summed E-state index contributed by atoms with van der Waals surface area (Å²) in [7, 11) is 1.89. The van der Waals surface area contributed by atoms with Gasteiger partial charge in [0.2, 0.25) is 0 Å². The molecule has 0 saturated heterocycles. The highest BCUT2D eigenvalue weighted by atomic mass is 16.1. The summed E-state index contributed by atoms with van der Waals surface area (Å²) < 4.78 is 1.80. The van der Waals surface area contributed by atoms with Crippen molar-refractivity contribution in [2.45, 2.75) is 19.9 Å². The molecule has 2 heterocycles. The minimum Gasteiger partial charge on any atom is -0.344 e. The highest BCUT2D eigenvalue weighted by Crippen LogP contribution is 2.28. The van der Waals surface area contributed by atoms with Crippen LogP contribution >= 0.6 is 0 Å². The van der Waals surface area contributed by atoms with Crippen molar-refractivity contribution < 1.29 is 4.79 Å². The van der Waals surface area contributed by atoms with Gasteiger partial charge in [0, 0.05) is 36.8 Å². The quantitative estimate of drug-likeness (QED) is 0.544. The lowest BCUT2D eigenvalue weighted by molar-refractivity contribution is 0.0939. The molecule has 2 aromatic heterocycles. The molecule has 6 heteroatoms. The Kier molecular flexibility index (Phi) is 5.39. The fourth-order valence-electron chi connectivity index (χ4n) is 3.36. The van der Waals surface area contributed by atoms with E-state index in [9.17, 15) is 4.79 Å². The first-order chi connectivity index (χ1) is 14.5. The summed E-state index contributed by atoms with van der Waals surface area (Å²) in [6.45, 7) is 3.95. The minimum absolute atomic E-state index is 0.162. The van der Waals surface area contributed by atoms with Crippen LogP contribution in [0.5, 0.6) is 0 Å². The second-order valence-electron chi connectivity index (χ2n) is 7.33. The summed E-state index contributed by atoms with van der Waals surface area (Å²) in [6, 6.07) is 15.9. The van der Waals surface area contributed by atoms with Crippen LogP contribution in [0.4, 0.5) is 0 Å². The average molecular weight is 397 g/mol. The molecule has 1 N–H and O–H groups in total. The van der Waals surface area contributed by atoms with Gasteiger partial charge in [-0.3, -0.25) is 19.4 Å². The molecule has 0 aliphatic heterocycles. The molecule has 1 amide bonds. The number of hydrogen-bond acceptors (Lipinski definition) is 4. The van der Waals surface area contributed by atoms with E-state index in [0.717, 1.165) is 22.4 Å². The van der Waals surface area contributed by atoms with Crippen molar-refractivity contribution in [2.24, 2.45) is 7.05 Å². The number of amides is 1. The van der Waals surface area contributed by atoms with Crippen molar-refractivity contribution in [1.29, 1.82) is 0 Å². The zero-order valence-corrected chi connectivity index (χ0v) is 17.2. The summed E-state index contributed by atoms with van der Waals surface area (Å²) >= 11 is 0. The third-order valence-corrected chi connectivity index (χ3v) is 5.07. The molecule has 0 radical (unpaired) electrons. The zero-order valence-electron chi connectivity index (χ0n) is 17.2. The van der Waals surface area contributed by atoms with Crippen molar-refractivity contribution in [3.63, 3.8) is 0 Å². The van der Waals surface area contributed by atoms with Crippen LogP contribution in [0.25, 0.3) is 22.4 Å². The van der Waals surface area contributed by atoms with E-state index >= 15 is 0 Å². The first kappa shape index (κ1) is 19.5. The van der Waals surface area contributed by atoms with Crippen LogP contribution in [0.15, 0.2) is 73.3 Å². The van der Waals surface area contributed by atoms with Crippen molar-refractivity contribution in [3.8, 4) is 22.4 Å². The Morgan fingerprint density at radius 3 is 2.40 bits per heavy atom. The lowest BCUT2D eigenvalue weighted by Crippen LogP contribution is -2.27. The Bertz CT molecular complexity index is 1170. The van der Waals surface area contributed by atoms with Crippen LogP contribution in [0, 0.1) is 6.92 Å². The molecular weight excluding hydrogens is 374 g/mol. The predicted octanol–water partition coefficient (Wildman–Crippen LogP) is 4.34. The van der Waals surface area contributed by atoms with E-state index in [4.69, 9.17) is 0 Å². The molecule has 0 aliphatic rings. The maximum Gasteiger partial charge on any atom is 0.251 e. The van der Waals surface area contributed by atoms with Gasteiger partial charge in [0.1, 0.15) is 0 Å². The van der Waals surface area contributed by atoms with Crippen LogP contribution in [-0.4, -0.2) is 25.7 Å². The molecule has 0 saturated carbocycles. The number of rotatable bonds is 5. The number of benzene rings is 2. The van der Waals surface area contributed by atoms with E-state index in [-0.39, 0.29) is 11.9 Å². The van der Waals surface area contributed by atoms with Gasteiger partial charge in [0.15, 0.2) is 0 Å². The fourth-order valence-corrected chi connectivity index (χ4v) is 3.36. The van der Waals surface area contributed by atoms with Crippen LogP contribution < -0.4 is 5.32 Å². The van der Waals surface area contributed by atoms with E-state index in [1.54, 1.807) is 29.5 Å². The summed E-state index contributed by atoms with van der Waals surface area (Å²) in [4.78, 5) is 21.5. The predicted molar refractivity (Wildman–Crippen MR) is 117 cm³/mol. The smallest absolute Gasteiger partial charge is 0.251 e. The first-order valence-electron chi connectivity index (χ1n) is 9.78. The molecule has 30 heavy (non-hydrogen) atoms. The maximum absolute atomic E-state index is 13.1. The maximum atomic E-state index is 13.1. The standard InChI is InChI=1S/C24H23N5O/c1-16-4-6-18(7-5-16)19-12-20(23-8-9-27-29(23)3)14-21(13-19)24(30)28-17(2)22-15-25-10-11-26-22/h4-15,17H,1-3H3,(H,28,30). The molecule has 0 spiro atoms. The van der Waals surface area contributed by atoms with Gasteiger partial charge in [-0.2, -0.15) is 5.10 Å². The molecule has 0 fully saturated rings. The van der Waals surface area contributed by atoms with Crippen molar-refractivity contribution >= 4 is 5.91 Å². The molecule has 0 bridgehead atoms. The molecule has 6 nitrogen and oxygen atoms in total. The van der Waals surface area contributed by atoms with E-state index < -0.39 is 0 Å². The van der Waals surface area contributed by atoms with Crippen molar-refractivity contribution in [1.82, 2.24) is 25.1 Å². The van der Waals surface area contributed by atoms with E-state index in [1.165, 1.54) is 5.56 Å². The topological polar surface area (TPSA) is 72.7 Å². The van der Waals surface area contributed by atoms with Crippen LogP contribution in [0.1, 0.15) is 34.6 Å². The number of carbonyl (C=O) groups excluding carboxylic acids is 1. The highest BCUT2D eigenvalue weighted by Gasteiger charge is 2.16. The third-order valence-electron chi connectivity index (χ3n) is 5.07. The molecule has 150 valence electrons. The van der Waals surface area contributed by atoms with E-state index in [2.05, 4.69) is 57.6 Å². The second-order valence-corrected chi connectivity index (χ2v) is 7.33. The normalized spacial score (nSPS) is 11.8. The van der Waals surface area contributed by atoms with Gasteiger partial charge in [-0.25, -0.2) is 0 Å². The Balaban J connectivity index is 1.73. The van der Waals surface area contributed by atoms with E-state index in [1.807, 2.05) is 32.2 Å². The number of aromatic nitrogens is 4. The molecule has 4 rings (SSSR count). The number of hydrogen-bond donors (Lipinski definition) is 1. The van der Waals surface area contributed by atoms with Gasteiger partial charge in [-0.15, -0.1) is 0 Å². The number of nitrogens with one attached hydrogen (secondary N) is 1. The Morgan fingerprint density at radius 2 is 1.73 bits per heavy atom. The summed E-state index contributed by atoms with van der Waals surface area (Å²) in [5.74, 6) is -0.162. The fraction of sp³-hybridized carbons (Fsp3) is 0.167. The third kappa shape index (κ3) is 4.12. The first-order valence-corrected chi connectivity index (χ1v) is 9.78. The monoisotopic (exact) mass is 397 g/mol. The molecule has 4 aromatic rings. The molecular formula is C24H23N5O. The summed E-state index contributed by atoms with van der Waals surface area (Å²) in [5, 5.41) is 7.29. The number of carbonyl (C=O) groups is 1. The molecule has 1 atom stereocenters. The Morgan fingerprint density at radius 1 is 0.967 bits per heavy atom. The van der Waals surface area contributed by atoms with Gasteiger partial charge >= 0.3 is 0 Å².